The Hall–Kier alpha value is -1.50. The fourth-order valence-electron chi connectivity index (χ4n) is 1.43. The summed E-state index contributed by atoms with van der Waals surface area (Å²) in [4.78, 5) is 8.78. The molecule has 2 aromatic rings. The Bertz CT molecular complexity index is 496. The number of halogens is 1. The highest BCUT2D eigenvalue weighted by molar-refractivity contribution is 9.10. The van der Waals surface area contributed by atoms with Gasteiger partial charge in [-0.2, -0.15) is 0 Å². The summed E-state index contributed by atoms with van der Waals surface area (Å²) in [5.74, 6) is 1.95. The van der Waals surface area contributed by atoms with Gasteiger partial charge in [0.2, 0.25) is 0 Å². The molecule has 2 rings (SSSR count). The molecular formula is C11H15BrN6. The SMILES string of the molecule is CC(C)c1nc(Br)cc(NCCn2ccnn2)n1. The van der Waals surface area contributed by atoms with Crippen LogP contribution in [0.25, 0.3) is 0 Å². The summed E-state index contributed by atoms with van der Waals surface area (Å²) in [6, 6.07) is 1.87. The summed E-state index contributed by atoms with van der Waals surface area (Å²) in [6.45, 7) is 5.63. The summed E-state index contributed by atoms with van der Waals surface area (Å²) in [5.41, 5.74) is 0. The first-order valence-corrected chi connectivity index (χ1v) is 6.57. The Morgan fingerprint density at radius 3 is 2.89 bits per heavy atom. The fourth-order valence-corrected chi connectivity index (χ4v) is 1.83. The van der Waals surface area contributed by atoms with Crippen LogP contribution < -0.4 is 5.32 Å². The molecule has 0 atom stereocenters. The molecule has 7 heteroatoms. The van der Waals surface area contributed by atoms with Crippen LogP contribution in [0.15, 0.2) is 23.1 Å². The van der Waals surface area contributed by atoms with Crippen LogP contribution >= 0.6 is 15.9 Å². The second-order valence-electron chi connectivity index (χ2n) is 4.18. The average Bonchev–Trinajstić information content (AvgIpc) is 2.81. The first-order chi connectivity index (χ1) is 8.65. The molecule has 6 nitrogen and oxygen atoms in total. The Labute approximate surface area is 114 Å². The molecule has 0 spiro atoms. The van der Waals surface area contributed by atoms with Crippen molar-refractivity contribution in [2.24, 2.45) is 0 Å². The van der Waals surface area contributed by atoms with E-state index in [1.165, 1.54) is 0 Å². The van der Waals surface area contributed by atoms with E-state index in [2.05, 4.69) is 55.4 Å². The maximum Gasteiger partial charge on any atom is 0.134 e. The second-order valence-corrected chi connectivity index (χ2v) is 4.99. The highest BCUT2D eigenvalue weighted by Gasteiger charge is 2.06. The molecule has 0 amide bonds. The molecule has 1 N–H and O–H groups in total. The van der Waals surface area contributed by atoms with Gasteiger partial charge in [-0.05, 0) is 15.9 Å². The quantitative estimate of drug-likeness (QED) is 0.856. The molecule has 0 aliphatic rings. The predicted molar refractivity (Wildman–Crippen MR) is 72.3 cm³/mol. The lowest BCUT2D eigenvalue weighted by Gasteiger charge is -2.09. The van der Waals surface area contributed by atoms with Crippen molar-refractivity contribution < 1.29 is 0 Å². The van der Waals surface area contributed by atoms with Gasteiger partial charge in [-0.15, -0.1) is 5.10 Å². The van der Waals surface area contributed by atoms with Crippen molar-refractivity contribution in [2.75, 3.05) is 11.9 Å². The van der Waals surface area contributed by atoms with Crippen molar-refractivity contribution in [3.05, 3.63) is 28.9 Å². The zero-order chi connectivity index (χ0) is 13.0. The first-order valence-electron chi connectivity index (χ1n) is 5.77. The summed E-state index contributed by atoms with van der Waals surface area (Å²) >= 11 is 3.39. The van der Waals surface area contributed by atoms with E-state index in [0.29, 0.717) is 5.92 Å². The van der Waals surface area contributed by atoms with Crippen molar-refractivity contribution in [3.63, 3.8) is 0 Å². The normalized spacial score (nSPS) is 10.9. The molecule has 0 radical (unpaired) electrons. The number of nitrogens with zero attached hydrogens (tertiary/aromatic N) is 5. The van der Waals surface area contributed by atoms with Crippen molar-refractivity contribution in [2.45, 2.75) is 26.3 Å². The lowest BCUT2D eigenvalue weighted by molar-refractivity contribution is 0.608. The fraction of sp³-hybridized carbons (Fsp3) is 0.455. The summed E-state index contributed by atoms with van der Waals surface area (Å²) in [5, 5.41) is 10.9. The van der Waals surface area contributed by atoms with Crippen LogP contribution in [0.5, 0.6) is 0 Å². The van der Waals surface area contributed by atoms with Crippen molar-refractivity contribution >= 4 is 21.7 Å². The molecule has 0 bridgehead atoms. The van der Waals surface area contributed by atoms with Crippen LogP contribution in [-0.4, -0.2) is 31.5 Å². The molecule has 0 aromatic carbocycles. The standard InChI is InChI=1S/C11H15BrN6/c1-8(2)11-15-9(12)7-10(16-11)13-3-5-18-6-4-14-17-18/h4,6-8H,3,5H2,1-2H3,(H,13,15,16). The predicted octanol–water partition coefficient (Wildman–Crippen LogP) is 2.07. The van der Waals surface area contributed by atoms with Crippen LogP contribution in [0.2, 0.25) is 0 Å². The largest absolute Gasteiger partial charge is 0.368 e. The Kier molecular flexibility index (Phi) is 4.24. The van der Waals surface area contributed by atoms with Crippen LogP contribution in [0.4, 0.5) is 5.82 Å². The molecular weight excluding hydrogens is 296 g/mol. The third-order valence-electron chi connectivity index (χ3n) is 2.35. The molecule has 0 aliphatic heterocycles. The summed E-state index contributed by atoms with van der Waals surface area (Å²) in [6.07, 6.45) is 3.50. The van der Waals surface area contributed by atoms with E-state index in [9.17, 15) is 0 Å². The van der Waals surface area contributed by atoms with E-state index >= 15 is 0 Å². The Balaban J connectivity index is 1.96. The molecule has 0 unspecified atom stereocenters. The number of anilines is 1. The van der Waals surface area contributed by atoms with Crippen LogP contribution in [0.1, 0.15) is 25.6 Å². The van der Waals surface area contributed by atoms with E-state index in [0.717, 1.165) is 29.3 Å². The van der Waals surface area contributed by atoms with Crippen LogP contribution in [0.3, 0.4) is 0 Å². The highest BCUT2D eigenvalue weighted by Crippen LogP contribution is 2.17. The molecule has 0 aliphatic carbocycles. The third kappa shape index (κ3) is 3.49. The van der Waals surface area contributed by atoms with Crippen LogP contribution in [0, 0.1) is 0 Å². The lowest BCUT2D eigenvalue weighted by atomic mass is 10.2. The minimum Gasteiger partial charge on any atom is -0.368 e. The minimum absolute atomic E-state index is 0.304. The van der Waals surface area contributed by atoms with Gasteiger partial charge in [0.05, 0.1) is 12.7 Å². The summed E-state index contributed by atoms with van der Waals surface area (Å²) < 4.78 is 2.57. The van der Waals surface area contributed by atoms with Gasteiger partial charge >= 0.3 is 0 Å². The van der Waals surface area contributed by atoms with Gasteiger partial charge in [0.15, 0.2) is 0 Å². The maximum atomic E-state index is 4.45. The van der Waals surface area contributed by atoms with Crippen molar-refractivity contribution in [1.82, 2.24) is 25.0 Å². The monoisotopic (exact) mass is 310 g/mol. The zero-order valence-electron chi connectivity index (χ0n) is 10.3. The number of rotatable bonds is 5. The average molecular weight is 311 g/mol. The maximum absolute atomic E-state index is 4.45. The summed E-state index contributed by atoms with van der Waals surface area (Å²) in [7, 11) is 0. The molecule has 0 fully saturated rings. The Morgan fingerprint density at radius 1 is 1.39 bits per heavy atom. The van der Waals surface area contributed by atoms with E-state index < -0.39 is 0 Å². The number of hydrogen-bond donors (Lipinski definition) is 1. The number of aromatic nitrogens is 5. The van der Waals surface area contributed by atoms with E-state index in [1.807, 2.05) is 12.3 Å². The smallest absolute Gasteiger partial charge is 0.134 e. The van der Waals surface area contributed by atoms with Gasteiger partial charge in [-0.25, -0.2) is 9.97 Å². The van der Waals surface area contributed by atoms with Gasteiger partial charge in [0.1, 0.15) is 16.2 Å². The molecule has 2 aromatic heterocycles. The Morgan fingerprint density at radius 2 is 2.22 bits per heavy atom. The number of nitrogens with one attached hydrogen (secondary N) is 1. The zero-order valence-corrected chi connectivity index (χ0v) is 11.9. The molecule has 0 saturated heterocycles. The topological polar surface area (TPSA) is 68.5 Å². The van der Waals surface area contributed by atoms with E-state index in [-0.39, 0.29) is 0 Å². The van der Waals surface area contributed by atoms with Gasteiger partial charge in [0.25, 0.3) is 0 Å². The number of hydrogen-bond acceptors (Lipinski definition) is 5. The van der Waals surface area contributed by atoms with E-state index in [4.69, 9.17) is 0 Å². The highest BCUT2D eigenvalue weighted by atomic mass is 79.9. The molecule has 0 saturated carbocycles. The van der Waals surface area contributed by atoms with Gasteiger partial charge < -0.3 is 5.32 Å². The van der Waals surface area contributed by atoms with Crippen molar-refractivity contribution in [1.29, 1.82) is 0 Å². The van der Waals surface area contributed by atoms with Gasteiger partial charge in [-0.3, -0.25) is 4.68 Å². The van der Waals surface area contributed by atoms with Crippen LogP contribution in [-0.2, 0) is 6.54 Å². The third-order valence-corrected chi connectivity index (χ3v) is 2.75. The van der Waals surface area contributed by atoms with Gasteiger partial charge in [-0.1, -0.05) is 19.1 Å². The minimum atomic E-state index is 0.304. The second kappa shape index (κ2) is 5.90. The molecule has 2 heterocycles. The van der Waals surface area contributed by atoms with E-state index in [1.54, 1.807) is 10.9 Å². The lowest BCUT2D eigenvalue weighted by Crippen LogP contribution is -2.13. The molecule has 18 heavy (non-hydrogen) atoms. The molecule has 96 valence electrons. The van der Waals surface area contributed by atoms with Gasteiger partial charge in [0, 0.05) is 24.7 Å². The first kappa shape index (κ1) is 12.9. The van der Waals surface area contributed by atoms with Crippen molar-refractivity contribution in [3.8, 4) is 0 Å².